The van der Waals surface area contributed by atoms with Crippen molar-refractivity contribution in [3.8, 4) is 11.5 Å². The lowest BCUT2D eigenvalue weighted by molar-refractivity contribution is 0.0695. The van der Waals surface area contributed by atoms with Gasteiger partial charge in [-0.25, -0.2) is 13.2 Å². The first-order valence-electron chi connectivity index (χ1n) is 11.8. The van der Waals surface area contributed by atoms with E-state index in [1.165, 1.54) is 23.8 Å². The number of halogens is 1. The molecule has 0 unspecified atom stereocenters. The minimum absolute atomic E-state index is 0. The van der Waals surface area contributed by atoms with Crippen LogP contribution in [-0.2, 0) is 16.4 Å². The summed E-state index contributed by atoms with van der Waals surface area (Å²) in [5.74, 6) is -0.378. The summed E-state index contributed by atoms with van der Waals surface area (Å²) in [5.41, 5.74) is 2.44. The average molecular weight is 543 g/mol. The number of aromatic carboxylic acids is 1. The molecule has 1 fully saturated rings. The van der Waals surface area contributed by atoms with Crippen LogP contribution < -0.4 is 14.8 Å². The third-order valence-corrected chi connectivity index (χ3v) is 6.88. The summed E-state index contributed by atoms with van der Waals surface area (Å²) in [6, 6.07) is 10.1. The molecular weight excluding hydrogens is 508 g/mol. The number of aliphatic hydroxyl groups excluding tert-OH is 1. The lowest BCUT2D eigenvalue weighted by Crippen LogP contribution is -2.39. The molecule has 5 N–H and O–H groups in total. The van der Waals surface area contributed by atoms with Gasteiger partial charge in [0.05, 0.1) is 17.5 Å². The number of carboxylic acid groups (broad SMARTS) is 1. The van der Waals surface area contributed by atoms with Gasteiger partial charge < -0.3 is 25.4 Å². The molecule has 0 spiro atoms. The molecule has 0 aromatic heterocycles. The Balaban J connectivity index is 0.00000456. The number of rotatable bonds is 11. The second kappa shape index (κ2) is 13.1. The van der Waals surface area contributed by atoms with E-state index in [9.17, 15) is 28.5 Å². The number of sulfonamides is 1. The average Bonchev–Trinajstić information content (AvgIpc) is 2.82. The van der Waals surface area contributed by atoms with Gasteiger partial charge in [-0.15, -0.1) is 12.4 Å². The number of anilines is 1. The van der Waals surface area contributed by atoms with Gasteiger partial charge in [-0.1, -0.05) is 19.1 Å². The number of hydrogen-bond donors (Lipinski definition) is 5. The highest BCUT2D eigenvalue weighted by Crippen LogP contribution is 2.34. The summed E-state index contributed by atoms with van der Waals surface area (Å²) >= 11 is 0. The van der Waals surface area contributed by atoms with Crippen LogP contribution in [0, 0.1) is 0 Å². The van der Waals surface area contributed by atoms with Crippen LogP contribution in [0.15, 0.2) is 36.4 Å². The Morgan fingerprint density at radius 3 is 2.44 bits per heavy atom. The maximum absolute atomic E-state index is 11.4. The standard InChI is InChI=1S/C25H34N2O7S.ClH/c1-3-16-12-18(6-10-22(16)25(30)31)17-4-7-19(8-5-17)26-14-20(28)15-34-21-9-11-24(29)23(13-21)27-35(2,32)33;/h6,9-13,17,19-20,26-29H,3-5,7-8,14-15H2,1-2H3,(H,30,31);1H/t17?,19?,20-;/m0./s1. The number of aromatic hydroxyl groups is 1. The molecule has 3 rings (SSSR count). The topological polar surface area (TPSA) is 145 Å². The Morgan fingerprint density at radius 2 is 1.83 bits per heavy atom. The van der Waals surface area contributed by atoms with E-state index in [1.807, 2.05) is 19.1 Å². The highest BCUT2D eigenvalue weighted by molar-refractivity contribution is 7.92. The van der Waals surface area contributed by atoms with Gasteiger partial charge in [-0.3, -0.25) is 4.72 Å². The van der Waals surface area contributed by atoms with Crippen molar-refractivity contribution in [3.05, 3.63) is 53.1 Å². The molecule has 0 radical (unpaired) electrons. The van der Waals surface area contributed by atoms with E-state index < -0.39 is 22.1 Å². The number of benzene rings is 2. The number of phenols is 1. The zero-order chi connectivity index (χ0) is 25.6. The van der Waals surface area contributed by atoms with Gasteiger partial charge in [0.1, 0.15) is 24.2 Å². The normalized spacial score (nSPS) is 18.6. The number of carboxylic acids is 1. The Kier molecular flexibility index (Phi) is 10.8. The minimum Gasteiger partial charge on any atom is -0.506 e. The monoisotopic (exact) mass is 542 g/mol. The first kappa shape index (κ1) is 29.7. The van der Waals surface area contributed by atoms with E-state index in [2.05, 4.69) is 10.0 Å². The van der Waals surface area contributed by atoms with Crippen molar-refractivity contribution in [2.45, 2.75) is 57.1 Å². The molecule has 1 atom stereocenters. The fraction of sp³-hybridized carbons (Fsp3) is 0.480. The van der Waals surface area contributed by atoms with Gasteiger partial charge in [-0.05, 0) is 67.3 Å². The third-order valence-electron chi connectivity index (χ3n) is 6.29. The van der Waals surface area contributed by atoms with Crippen LogP contribution in [0.3, 0.4) is 0 Å². The summed E-state index contributed by atoms with van der Waals surface area (Å²) in [5, 5.41) is 32.8. The minimum atomic E-state index is -3.55. The zero-order valence-electron chi connectivity index (χ0n) is 20.4. The van der Waals surface area contributed by atoms with Crippen LogP contribution >= 0.6 is 12.4 Å². The molecule has 200 valence electrons. The van der Waals surface area contributed by atoms with Crippen molar-refractivity contribution in [2.24, 2.45) is 0 Å². The molecule has 0 bridgehead atoms. The molecule has 1 aliphatic rings. The Labute approximate surface area is 218 Å². The molecule has 0 heterocycles. The summed E-state index contributed by atoms with van der Waals surface area (Å²) in [4.78, 5) is 11.4. The highest BCUT2D eigenvalue weighted by Gasteiger charge is 2.24. The fourth-order valence-corrected chi connectivity index (χ4v) is 5.00. The molecule has 0 aliphatic heterocycles. The zero-order valence-corrected chi connectivity index (χ0v) is 22.1. The fourth-order valence-electron chi connectivity index (χ4n) is 4.44. The van der Waals surface area contributed by atoms with Crippen molar-refractivity contribution in [3.63, 3.8) is 0 Å². The Morgan fingerprint density at radius 1 is 1.14 bits per heavy atom. The van der Waals surface area contributed by atoms with Gasteiger partial charge in [0.25, 0.3) is 0 Å². The third kappa shape index (κ3) is 8.55. The maximum atomic E-state index is 11.4. The molecule has 0 amide bonds. The van der Waals surface area contributed by atoms with Gasteiger partial charge >= 0.3 is 5.97 Å². The predicted molar refractivity (Wildman–Crippen MR) is 141 cm³/mol. The van der Waals surface area contributed by atoms with E-state index in [-0.39, 0.29) is 36.5 Å². The SMILES string of the molecule is CCc1cc(C2CCC(NC[C@H](O)COc3ccc(O)c(NS(C)(=O)=O)c3)CC2)ccc1C(=O)O.Cl. The molecule has 9 nitrogen and oxygen atoms in total. The Bertz CT molecular complexity index is 1140. The number of aliphatic hydroxyl groups is 1. The van der Waals surface area contributed by atoms with Crippen molar-refractivity contribution in [2.75, 3.05) is 24.1 Å². The first-order valence-corrected chi connectivity index (χ1v) is 13.7. The molecule has 2 aromatic rings. The second-order valence-corrected chi connectivity index (χ2v) is 10.8. The number of nitrogens with one attached hydrogen (secondary N) is 2. The quantitative estimate of drug-likeness (QED) is 0.271. The van der Waals surface area contributed by atoms with E-state index in [4.69, 9.17) is 4.74 Å². The Hall–Kier alpha value is -2.53. The summed E-state index contributed by atoms with van der Waals surface area (Å²) in [7, 11) is -3.55. The number of carbonyl (C=O) groups is 1. The molecule has 36 heavy (non-hydrogen) atoms. The molecule has 0 saturated heterocycles. The van der Waals surface area contributed by atoms with Crippen molar-refractivity contribution in [1.82, 2.24) is 5.32 Å². The first-order chi connectivity index (χ1) is 16.6. The summed E-state index contributed by atoms with van der Waals surface area (Å²) in [6.07, 6.45) is 4.81. The maximum Gasteiger partial charge on any atom is 0.335 e. The highest BCUT2D eigenvalue weighted by atomic mass is 35.5. The van der Waals surface area contributed by atoms with Crippen molar-refractivity contribution >= 4 is 34.1 Å². The molecule has 2 aromatic carbocycles. The van der Waals surface area contributed by atoms with Gasteiger partial charge in [0.15, 0.2) is 0 Å². The van der Waals surface area contributed by atoms with Crippen LogP contribution in [0.2, 0.25) is 0 Å². The predicted octanol–water partition coefficient (Wildman–Crippen LogP) is 3.50. The second-order valence-electron chi connectivity index (χ2n) is 9.05. The van der Waals surface area contributed by atoms with Crippen LogP contribution in [0.1, 0.15) is 60.0 Å². The number of hydrogen-bond acceptors (Lipinski definition) is 7. The molecular formula is C25H35ClN2O7S. The molecule has 11 heteroatoms. The van der Waals surface area contributed by atoms with Crippen LogP contribution in [0.25, 0.3) is 0 Å². The lowest BCUT2D eigenvalue weighted by atomic mass is 9.80. The van der Waals surface area contributed by atoms with Crippen LogP contribution in [0.4, 0.5) is 5.69 Å². The van der Waals surface area contributed by atoms with Crippen LogP contribution in [0.5, 0.6) is 11.5 Å². The van der Waals surface area contributed by atoms with Gasteiger partial charge in [0, 0.05) is 18.7 Å². The van der Waals surface area contributed by atoms with Gasteiger partial charge in [0.2, 0.25) is 10.0 Å². The van der Waals surface area contributed by atoms with Crippen molar-refractivity contribution < 1.29 is 33.3 Å². The van der Waals surface area contributed by atoms with E-state index >= 15 is 0 Å². The molecule has 1 saturated carbocycles. The van der Waals surface area contributed by atoms with E-state index in [0.717, 1.165) is 37.5 Å². The largest absolute Gasteiger partial charge is 0.506 e. The van der Waals surface area contributed by atoms with E-state index in [0.29, 0.717) is 30.2 Å². The van der Waals surface area contributed by atoms with Crippen LogP contribution in [-0.4, -0.2) is 61.3 Å². The van der Waals surface area contributed by atoms with Gasteiger partial charge in [-0.2, -0.15) is 0 Å². The number of phenolic OH excluding ortho intramolecular Hbond substituents is 1. The van der Waals surface area contributed by atoms with Crippen molar-refractivity contribution in [1.29, 1.82) is 0 Å². The summed E-state index contributed by atoms with van der Waals surface area (Å²) in [6.45, 7) is 2.34. The number of aryl methyl sites for hydroxylation is 1. The lowest BCUT2D eigenvalue weighted by Gasteiger charge is -2.30. The number of ether oxygens (including phenoxy) is 1. The smallest absolute Gasteiger partial charge is 0.335 e. The molecule has 1 aliphatic carbocycles. The van der Waals surface area contributed by atoms with E-state index in [1.54, 1.807) is 6.07 Å². The summed E-state index contributed by atoms with van der Waals surface area (Å²) < 4.78 is 30.6.